The van der Waals surface area contributed by atoms with Crippen molar-refractivity contribution in [1.29, 1.82) is 5.26 Å². The Kier molecular flexibility index (Phi) is 7.77. The minimum Gasteiger partial charge on any atom is -0.473 e. The van der Waals surface area contributed by atoms with Crippen molar-refractivity contribution >= 4 is 23.4 Å². The van der Waals surface area contributed by atoms with Crippen LogP contribution in [0, 0.1) is 11.3 Å². The maximum absolute atomic E-state index is 13.5. The Hall–Kier alpha value is -3.03. The largest absolute Gasteiger partial charge is 0.473 e. The van der Waals surface area contributed by atoms with Crippen molar-refractivity contribution in [1.82, 2.24) is 9.88 Å². The van der Waals surface area contributed by atoms with Gasteiger partial charge in [0.15, 0.2) is 0 Å². The van der Waals surface area contributed by atoms with Crippen LogP contribution in [0.25, 0.3) is 0 Å². The molecule has 0 saturated carbocycles. The Morgan fingerprint density at radius 1 is 1.34 bits per heavy atom. The highest BCUT2D eigenvalue weighted by molar-refractivity contribution is 6.30. The number of likely N-dealkylation sites (tertiary alicyclic amines) is 1. The molecule has 32 heavy (non-hydrogen) atoms. The van der Waals surface area contributed by atoms with Gasteiger partial charge in [-0.15, -0.1) is 0 Å². The highest BCUT2D eigenvalue weighted by atomic mass is 35.5. The number of piperidine rings is 1. The lowest BCUT2D eigenvalue weighted by molar-refractivity contribution is -0.207. The quantitative estimate of drug-likeness (QED) is 0.665. The predicted molar refractivity (Wildman–Crippen MR) is 110 cm³/mol. The molecule has 0 aliphatic carbocycles. The number of benzene rings is 1. The van der Waals surface area contributed by atoms with Crippen LogP contribution in [0.15, 0.2) is 42.6 Å². The fraction of sp³-hybridized carbons (Fsp3) is 0.381. The van der Waals surface area contributed by atoms with Crippen molar-refractivity contribution in [2.75, 3.05) is 25.0 Å². The molecule has 1 N–H and O–H groups in total. The summed E-state index contributed by atoms with van der Waals surface area (Å²) in [4.78, 5) is 17.6. The molecule has 1 aromatic carbocycles. The molecule has 1 aliphatic heterocycles. The average Bonchev–Trinajstić information content (AvgIpc) is 2.75. The average molecular weight is 469 g/mol. The molecule has 1 fully saturated rings. The summed E-state index contributed by atoms with van der Waals surface area (Å²) in [7, 11) is 0. The number of amides is 1. The Morgan fingerprint density at radius 2 is 2.09 bits per heavy atom. The minimum atomic E-state index is -4.74. The summed E-state index contributed by atoms with van der Waals surface area (Å²) in [5, 5.41) is 11.7. The third kappa shape index (κ3) is 7.00. The molecule has 0 bridgehead atoms. The summed E-state index contributed by atoms with van der Waals surface area (Å²) in [6.07, 6.45) is -6.00. The lowest BCUT2D eigenvalue weighted by Crippen LogP contribution is -2.49. The summed E-state index contributed by atoms with van der Waals surface area (Å²) in [5.74, 6) is 0.238. The zero-order chi connectivity index (χ0) is 23.1. The number of rotatable bonds is 6. The van der Waals surface area contributed by atoms with Crippen LogP contribution in [-0.4, -0.2) is 54.0 Å². The van der Waals surface area contributed by atoms with Gasteiger partial charge < -0.3 is 9.47 Å². The molecule has 0 radical (unpaired) electrons. The monoisotopic (exact) mass is 468 g/mol. The fourth-order valence-electron chi connectivity index (χ4n) is 3.24. The zero-order valence-electron chi connectivity index (χ0n) is 16.8. The molecule has 170 valence electrons. The molecule has 2 aromatic rings. The smallest absolute Gasteiger partial charge is 0.426 e. The standard InChI is InChI=1S/C21H20ClF3N4O3/c22-15-3-5-16(6-4-15)28-20(30)32-18(21(23,24)25)13-29-9-1-2-17(12-29)31-19-10-14(11-26)7-8-27-19/h3-8,10,17-18H,1-2,9,12-13H2,(H,28,30)/t17?,18-/m0/s1. The summed E-state index contributed by atoms with van der Waals surface area (Å²) >= 11 is 5.75. The number of nitrogens with zero attached hydrogens (tertiary/aromatic N) is 3. The van der Waals surface area contributed by atoms with Crippen LogP contribution in [0.2, 0.25) is 5.02 Å². The van der Waals surface area contributed by atoms with Crippen LogP contribution in [-0.2, 0) is 4.74 Å². The number of anilines is 1. The number of carbonyl (C=O) groups is 1. The Morgan fingerprint density at radius 3 is 2.78 bits per heavy atom. The SMILES string of the molecule is N#Cc1ccnc(OC2CCCN(C[C@H](OC(=O)Nc3ccc(Cl)cc3)C(F)(F)F)C2)c1. The third-order valence-electron chi connectivity index (χ3n) is 4.74. The first kappa shape index (κ1) is 23.6. The minimum absolute atomic E-state index is 0.202. The normalized spacial score (nSPS) is 17.8. The van der Waals surface area contributed by atoms with E-state index in [0.717, 1.165) is 0 Å². The molecular formula is C21H20ClF3N4O3. The Labute approximate surface area is 187 Å². The number of halogens is 4. The second kappa shape index (κ2) is 10.5. The van der Waals surface area contributed by atoms with Gasteiger partial charge in [0.05, 0.1) is 11.6 Å². The molecule has 3 rings (SSSR count). The zero-order valence-corrected chi connectivity index (χ0v) is 17.6. The van der Waals surface area contributed by atoms with E-state index < -0.39 is 31.0 Å². The van der Waals surface area contributed by atoms with Crippen LogP contribution >= 0.6 is 11.6 Å². The van der Waals surface area contributed by atoms with Crippen molar-refractivity contribution in [3.63, 3.8) is 0 Å². The summed E-state index contributed by atoms with van der Waals surface area (Å²) in [6, 6.07) is 10.9. The molecule has 0 spiro atoms. The molecule has 7 nitrogen and oxygen atoms in total. The number of nitrogens with one attached hydrogen (secondary N) is 1. The number of pyridine rings is 1. The molecule has 1 aliphatic rings. The van der Waals surface area contributed by atoms with E-state index >= 15 is 0 Å². The molecule has 1 unspecified atom stereocenters. The maximum atomic E-state index is 13.5. The molecule has 1 amide bonds. The lowest BCUT2D eigenvalue weighted by atomic mass is 10.1. The second-order valence-corrected chi connectivity index (χ2v) is 7.64. The van der Waals surface area contributed by atoms with Gasteiger partial charge in [-0.25, -0.2) is 9.78 Å². The number of alkyl halides is 3. The van der Waals surface area contributed by atoms with Gasteiger partial charge in [-0.2, -0.15) is 18.4 Å². The number of nitriles is 1. The van der Waals surface area contributed by atoms with Crippen LogP contribution in [0.1, 0.15) is 18.4 Å². The van der Waals surface area contributed by atoms with Crippen LogP contribution in [0.5, 0.6) is 5.88 Å². The Balaban J connectivity index is 1.58. The van der Waals surface area contributed by atoms with Crippen LogP contribution in [0.3, 0.4) is 0 Å². The first-order chi connectivity index (χ1) is 15.2. The van der Waals surface area contributed by atoms with E-state index in [1.54, 1.807) is 0 Å². The molecule has 2 heterocycles. The first-order valence-electron chi connectivity index (χ1n) is 9.78. The molecule has 1 aromatic heterocycles. The van der Waals surface area contributed by atoms with Crippen molar-refractivity contribution in [3.05, 3.63) is 53.2 Å². The lowest BCUT2D eigenvalue weighted by Gasteiger charge is -2.34. The van der Waals surface area contributed by atoms with Gasteiger partial charge in [0.2, 0.25) is 12.0 Å². The van der Waals surface area contributed by atoms with Gasteiger partial charge in [-0.05, 0) is 49.7 Å². The molecular weight excluding hydrogens is 449 g/mol. The predicted octanol–water partition coefficient (Wildman–Crippen LogP) is 4.63. The second-order valence-electron chi connectivity index (χ2n) is 7.20. The van der Waals surface area contributed by atoms with E-state index in [2.05, 4.69) is 10.3 Å². The Bertz CT molecular complexity index is 966. The summed E-state index contributed by atoms with van der Waals surface area (Å²) < 4.78 is 51.0. The summed E-state index contributed by atoms with van der Waals surface area (Å²) in [6.45, 7) is 0.0799. The van der Waals surface area contributed by atoms with Gasteiger partial charge >= 0.3 is 12.3 Å². The van der Waals surface area contributed by atoms with E-state index in [-0.39, 0.29) is 18.1 Å². The highest BCUT2D eigenvalue weighted by Crippen LogP contribution is 2.26. The van der Waals surface area contributed by atoms with E-state index in [0.29, 0.717) is 30.0 Å². The van der Waals surface area contributed by atoms with Crippen molar-refractivity contribution in [2.24, 2.45) is 0 Å². The summed E-state index contributed by atoms with van der Waals surface area (Å²) in [5.41, 5.74) is 0.638. The molecule has 2 atom stereocenters. The number of hydrogen-bond donors (Lipinski definition) is 1. The third-order valence-corrected chi connectivity index (χ3v) is 4.99. The number of carbonyl (C=O) groups excluding carboxylic acids is 1. The van der Waals surface area contributed by atoms with Crippen molar-refractivity contribution < 1.29 is 27.4 Å². The fourth-order valence-corrected chi connectivity index (χ4v) is 3.37. The van der Waals surface area contributed by atoms with Crippen molar-refractivity contribution in [2.45, 2.75) is 31.2 Å². The topological polar surface area (TPSA) is 87.5 Å². The van der Waals surface area contributed by atoms with Gasteiger partial charge in [-0.3, -0.25) is 10.2 Å². The number of hydrogen-bond acceptors (Lipinski definition) is 6. The van der Waals surface area contributed by atoms with Gasteiger partial charge in [-0.1, -0.05) is 11.6 Å². The number of ether oxygens (including phenoxy) is 2. The van der Waals surface area contributed by atoms with Gasteiger partial charge in [0, 0.05) is 36.1 Å². The van der Waals surface area contributed by atoms with E-state index in [1.165, 1.54) is 47.5 Å². The van der Waals surface area contributed by atoms with Crippen LogP contribution in [0.4, 0.5) is 23.7 Å². The molecule has 1 saturated heterocycles. The maximum Gasteiger partial charge on any atom is 0.426 e. The van der Waals surface area contributed by atoms with Gasteiger partial charge in [0.1, 0.15) is 6.10 Å². The van der Waals surface area contributed by atoms with E-state index in [9.17, 15) is 18.0 Å². The molecule has 11 heteroatoms. The van der Waals surface area contributed by atoms with Crippen molar-refractivity contribution in [3.8, 4) is 11.9 Å². The number of aromatic nitrogens is 1. The van der Waals surface area contributed by atoms with Crippen LogP contribution < -0.4 is 10.1 Å². The van der Waals surface area contributed by atoms with E-state index in [1.807, 2.05) is 6.07 Å². The van der Waals surface area contributed by atoms with Gasteiger partial charge in [0.25, 0.3) is 0 Å². The highest BCUT2D eigenvalue weighted by Gasteiger charge is 2.44. The first-order valence-corrected chi connectivity index (χ1v) is 10.2. The van der Waals surface area contributed by atoms with E-state index in [4.69, 9.17) is 26.3 Å².